The number of amides is 1. The average molecular weight is 327 g/mol. The van der Waals surface area contributed by atoms with Crippen molar-refractivity contribution in [3.8, 4) is 0 Å². The molecule has 0 radical (unpaired) electrons. The normalized spacial score (nSPS) is 30.5. The van der Waals surface area contributed by atoms with Gasteiger partial charge in [-0.25, -0.2) is 0 Å². The number of carbonyl (C=O) groups excluding carboxylic acids is 1. The van der Waals surface area contributed by atoms with E-state index in [2.05, 4.69) is 0 Å². The lowest BCUT2D eigenvalue weighted by atomic mass is 9.65. The first-order valence-corrected chi connectivity index (χ1v) is 8.10. The van der Waals surface area contributed by atoms with Crippen LogP contribution in [-0.2, 0) is 11.3 Å². The van der Waals surface area contributed by atoms with Crippen LogP contribution in [0, 0.1) is 24.7 Å². The molecule has 1 amide bonds. The second kappa shape index (κ2) is 7.05. The highest BCUT2D eigenvalue weighted by Gasteiger charge is 2.41. The van der Waals surface area contributed by atoms with Gasteiger partial charge in [0, 0.05) is 19.0 Å². The molecule has 0 aromatic carbocycles. The van der Waals surface area contributed by atoms with Gasteiger partial charge in [0.25, 0.3) is 0 Å². The van der Waals surface area contributed by atoms with Gasteiger partial charge in [0.2, 0.25) is 5.91 Å². The van der Waals surface area contributed by atoms with Gasteiger partial charge in [0.15, 0.2) is 0 Å². The van der Waals surface area contributed by atoms with Crippen molar-refractivity contribution < 1.29 is 9.21 Å². The molecule has 2 bridgehead atoms. The van der Waals surface area contributed by atoms with Crippen molar-refractivity contribution in [2.45, 2.75) is 51.6 Å². The minimum atomic E-state index is 0. The monoisotopic (exact) mass is 326 g/mol. The molecule has 1 aromatic rings. The molecule has 0 aliphatic heterocycles. The number of hydrogen-bond donors (Lipinski definition) is 1. The summed E-state index contributed by atoms with van der Waals surface area (Å²) in [6, 6.07) is 4.21. The Morgan fingerprint density at radius 3 is 2.50 bits per heavy atom. The molecular formula is C17H27ClN2O2. The Balaban J connectivity index is 0.00000176. The second-order valence-electron chi connectivity index (χ2n) is 6.90. The third-order valence-electron chi connectivity index (χ3n) is 5.33. The summed E-state index contributed by atoms with van der Waals surface area (Å²) in [6.07, 6.45) is 5.62. The highest BCUT2D eigenvalue weighted by atomic mass is 35.5. The Hall–Kier alpha value is -1.00. The lowest BCUT2D eigenvalue weighted by Crippen LogP contribution is -2.49. The molecule has 2 fully saturated rings. The average Bonchev–Trinajstić information content (AvgIpc) is 2.83. The zero-order valence-electron chi connectivity index (χ0n) is 13.5. The number of halogens is 1. The van der Waals surface area contributed by atoms with Crippen LogP contribution in [0.4, 0.5) is 0 Å². The Bertz CT molecular complexity index is 503. The van der Waals surface area contributed by atoms with Gasteiger partial charge in [-0.15, -0.1) is 12.4 Å². The van der Waals surface area contributed by atoms with E-state index in [9.17, 15) is 4.79 Å². The van der Waals surface area contributed by atoms with Crippen LogP contribution in [0.1, 0.15) is 43.6 Å². The van der Waals surface area contributed by atoms with Crippen LogP contribution in [0.2, 0.25) is 0 Å². The van der Waals surface area contributed by atoms with Gasteiger partial charge in [0.1, 0.15) is 11.5 Å². The maximum absolute atomic E-state index is 12.7. The SMILES string of the molecule is Cc1ccc(CN(C)C(=O)C2CC3CCCC(C2)C3N)o1.Cl. The van der Waals surface area contributed by atoms with Crippen molar-refractivity contribution in [2.75, 3.05) is 7.05 Å². The van der Waals surface area contributed by atoms with Crippen molar-refractivity contribution >= 4 is 18.3 Å². The largest absolute Gasteiger partial charge is 0.464 e. The predicted octanol–water partition coefficient (Wildman–Crippen LogP) is 3.12. The summed E-state index contributed by atoms with van der Waals surface area (Å²) in [5, 5.41) is 0. The number of carbonyl (C=O) groups is 1. The van der Waals surface area contributed by atoms with E-state index in [1.807, 2.05) is 31.0 Å². The maximum atomic E-state index is 12.7. The molecule has 0 spiro atoms. The fourth-order valence-electron chi connectivity index (χ4n) is 4.18. The van der Waals surface area contributed by atoms with Crippen LogP contribution in [0.3, 0.4) is 0 Å². The fourth-order valence-corrected chi connectivity index (χ4v) is 4.18. The third-order valence-corrected chi connectivity index (χ3v) is 5.33. The summed E-state index contributed by atoms with van der Waals surface area (Å²) < 4.78 is 5.57. The van der Waals surface area contributed by atoms with Gasteiger partial charge in [-0.3, -0.25) is 4.79 Å². The minimum absolute atomic E-state index is 0. The van der Waals surface area contributed by atoms with Gasteiger partial charge in [-0.1, -0.05) is 6.42 Å². The fraction of sp³-hybridized carbons (Fsp3) is 0.706. The molecule has 0 saturated heterocycles. The van der Waals surface area contributed by atoms with E-state index >= 15 is 0 Å². The molecule has 2 unspecified atom stereocenters. The molecule has 2 atom stereocenters. The van der Waals surface area contributed by atoms with Crippen molar-refractivity contribution in [1.29, 1.82) is 0 Å². The summed E-state index contributed by atoms with van der Waals surface area (Å²) in [5.74, 6) is 3.26. The maximum Gasteiger partial charge on any atom is 0.225 e. The molecule has 22 heavy (non-hydrogen) atoms. The smallest absolute Gasteiger partial charge is 0.225 e. The molecule has 1 heterocycles. The van der Waals surface area contributed by atoms with Crippen LogP contribution in [-0.4, -0.2) is 23.9 Å². The number of furan rings is 1. The zero-order chi connectivity index (χ0) is 15.0. The first-order valence-electron chi connectivity index (χ1n) is 8.10. The highest BCUT2D eigenvalue weighted by Crippen LogP contribution is 2.42. The number of hydrogen-bond acceptors (Lipinski definition) is 3. The van der Waals surface area contributed by atoms with Crippen molar-refractivity contribution in [1.82, 2.24) is 4.90 Å². The third kappa shape index (κ3) is 3.49. The molecule has 4 nitrogen and oxygen atoms in total. The first kappa shape index (κ1) is 17.4. The summed E-state index contributed by atoms with van der Waals surface area (Å²) in [7, 11) is 1.88. The standard InChI is InChI=1S/C17H26N2O2.ClH/c1-11-6-7-15(21-11)10-19(2)17(20)14-8-12-4-3-5-13(9-14)16(12)18;/h6-7,12-14,16H,3-5,8-10,18H2,1-2H3;1H. The van der Waals surface area contributed by atoms with Gasteiger partial charge in [-0.2, -0.15) is 0 Å². The lowest BCUT2D eigenvalue weighted by molar-refractivity contribution is -0.138. The highest BCUT2D eigenvalue weighted by molar-refractivity contribution is 5.85. The minimum Gasteiger partial charge on any atom is -0.464 e. The summed E-state index contributed by atoms with van der Waals surface area (Å²) in [6.45, 7) is 2.49. The summed E-state index contributed by atoms with van der Waals surface area (Å²) in [5.41, 5.74) is 6.31. The Morgan fingerprint density at radius 2 is 1.95 bits per heavy atom. The zero-order valence-corrected chi connectivity index (χ0v) is 14.3. The molecule has 2 aliphatic rings. The van der Waals surface area contributed by atoms with Crippen molar-refractivity contribution in [2.24, 2.45) is 23.5 Å². The molecular weight excluding hydrogens is 300 g/mol. The van der Waals surface area contributed by atoms with E-state index in [4.69, 9.17) is 10.2 Å². The predicted molar refractivity (Wildman–Crippen MR) is 88.7 cm³/mol. The van der Waals surface area contributed by atoms with Gasteiger partial charge < -0.3 is 15.1 Å². The molecule has 2 N–H and O–H groups in total. The van der Waals surface area contributed by atoms with Crippen molar-refractivity contribution in [3.05, 3.63) is 23.7 Å². The van der Waals surface area contributed by atoms with E-state index in [-0.39, 0.29) is 24.2 Å². The van der Waals surface area contributed by atoms with E-state index < -0.39 is 0 Å². The van der Waals surface area contributed by atoms with Crippen LogP contribution < -0.4 is 5.73 Å². The number of fused-ring (bicyclic) bond motifs is 2. The van der Waals surface area contributed by atoms with E-state index in [0.717, 1.165) is 24.4 Å². The summed E-state index contributed by atoms with van der Waals surface area (Å²) in [4.78, 5) is 14.5. The Kier molecular flexibility index (Phi) is 5.56. The summed E-state index contributed by atoms with van der Waals surface area (Å²) >= 11 is 0. The van der Waals surface area contributed by atoms with Crippen LogP contribution in [0.25, 0.3) is 0 Å². The van der Waals surface area contributed by atoms with Crippen LogP contribution >= 0.6 is 12.4 Å². The Labute approximate surface area is 138 Å². The first-order chi connectivity index (χ1) is 10.0. The van der Waals surface area contributed by atoms with Crippen molar-refractivity contribution in [3.63, 3.8) is 0 Å². The van der Waals surface area contributed by atoms with Gasteiger partial charge in [0.05, 0.1) is 6.54 Å². The van der Waals surface area contributed by atoms with E-state index in [1.54, 1.807) is 0 Å². The lowest BCUT2D eigenvalue weighted by Gasteiger charge is -2.44. The van der Waals surface area contributed by atoms with Crippen LogP contribution in [0.5, 0.6) is 0 Å². The molecule has 1 aromatic heterocycles. The number of rotatable bonds is 3. The molecule has 5 heteroatoms. The topological polar surface area (TPSA) is 59.5 Å². The molecule has 2 aliphatic carbocycles. The Morgan fingerprint density at radius 1 is 1.32 bits per heavy atom. The number of nitrogens with zero attached hydrogens (tertiary/aromatic N) is 1. The van der Waals surface area contributed by atoms with E-state index in [0.29, 0.717) is 24.4 Å². The van der Waals surface area contributed by atoms with Crippen LogP contribution in [0.15, 0.2) is 16.5 Å². The molecule has 3 rings (SSSR count). The van der Waals surface area contributed by atoms with E-state index in [1.165, 1.54) is 19.3 Å². The molecule has 124 valence electrons. The van der Waals surface area contributed by atoms with Gasteiger partial charge >= 0.3 is 0 Å². The quantitative estimate of drug-likeness (QED) is 0.928. The molecule has 2 saturated carbocycles. The van der Waals surface area contributed by atoms with Gasteiger partial charge in [-0.05, 0) is 56.6 Å². The number of nitrogens with two attached hydrogens (primary N) is 1. The second-order valence-corrected chi connectivity index (χ2v) is 6.90. The number of aryl methyl sites for hydroxylation is 1.